The first-order valence-electron chi connectivity index (χ1n) is 8.19. The van der Waals surface area contributed by atoms with Crippen LogP contribution >= 0.6 is 35.3 Å². The fourth-order valence-corrected chi connectivity index (χ4v) is 3.26. The van der Waals surface area contributed by atoms with E-state index in [2.05, 4.69) is 26.0 Å². The number of nitrogens with one attached hydrogen (secondary N) is 2. The highest BCUT2D eigenvalue weighted by Crippen LogP contribution is 2.11. The standard InChI is InChI=1S/C18H25FN4S.HI/c1-13-11-16(19)7-6-15(13)8-10-22-18(20-3)21-9-4-5-17-23-14(2)12-24-17;/h6-7,11-12H,4-5,8-10H2,1-3H3,(H2,20,21,22);1H. The average Bonchev–Trinajstić information content (AvgIpc) is 2.97. The number of nitrogens with zero attached hydrogens (tertiary/aromatic N) is 2. The van der Waals surface area contributed by atoms with Gasteiger partial charge >= 0.3 is 0 Å². The van der Waals surface area contributed by atoms with E-state index in [0.717, 1.165) is 55.1 Å². The molecule has 0 radical (unpaired) electrons. The van der Waals surface area contributed by atoms with Crippen LogP contribution in [0.2, 0.25) is 0 Å². The van der Waals surface area contributed by atoms with E-state index < -0.39 is 0 Å². The van der Waals surface area contributed by atoms with Gasteiger partial charge in [0.1, 0.15) is 5.82 Å². The van der Waals surface area contributed by atoms with Gasteiger partial charge in [-0.05, 0) is 49.9 Å². The molecule has 2 N–H and O–H groups in total. The second-order valence-electron chi connectivity index (χ2n) is 5.73. The van der Waals surface area contributed by atoms with Crippen molar-refractivity contribution in [3.8, 4) is 0 Å². The molecule has 0 saturated heterocycles. The number of hydrogen-bond acceptors (Lipinski definition) is 3. The van der Waals surface area contributed by atoms with Gasteiger partial charge in [0, 0.05) is 37.6 Å². The van der Waals surface area contributed by atoms with Gasteiger partial charge < -0.3 is 10.6 Å². The summed E-state index contributed by atoms with van der Waals surface area (Å²) in [5, 5.41) is 9.88. The molecule has 0 spiro atoms. The van der Waals surface area contributed by atoms with Gasteiger partial charge in [0.05, 0.1) is 5.01 Å². The predicted octanol–water partition coefficient (Wildman–Crippen LogP) is 3.86. The Hall–Kier alpha value is -1.22. The molecule has 1 heterocycles. The minimum Gasteiger partial charge on any atom is -0.356 e. The van der Waals surface area contributed by atoms with Crippen molar-refractivity contribution >= 4 is 41.3 Å². The average molecular weight is 476 g/mol. The molecular weight excluding hydrogens is 450 g/mol. The first kappa shape index (κ1) is 21.8. The lowest BCUT2D eigenvalue weighted by Gasteiger charge is -2.12. The number of aromatic nitrogens is 1. The van der Waals surface area contributed by atoms with Crippen LogP contribution in [0.1, 0.15) is 28.2 Å². The molecule has 0 saturated carbocycles. The van der Waals surface area contributed by atoms with Crippen LogP contribution in [0.3, 0.4) is 0 Å². The summed E-state index contributed by atoms with van der Waals surface area (Å²) in [6.07, 6.45) is 2.84. The highest BCUT2D eigenvalue weighted by atomic mass is 127. The minimum absolute atomic E-state index is 0. The van der Waals surface area contributed by atoms with Gasteiger partial charge in [-0.3, -0.25) is 4.99 Å². The quantitative estimate of drug-likeness (QED) is 0.276. The van der Waals surface area contributed by atoms with E-state index in [4.69, 9.17) is 0 Å². The molecule has 25 heavy (non-hydrogen) atoms. The summed E-state index contributed by atoms with van der Waals surface area (Å²) in [5.41, 5.74) is 3.23. The van der Waals surface area contributed by atoms with Crippen molar-refractivity contribution in [3.63, 3.8) is 0 Å². The van der Waals surface area contributed by atoms with E-state index in [1.54, 1.807) is 24.5 Å². The Bertz CT molecular complexity index is 687. The van der Waals surface area contributed by atoms with Crippen molar-refractivity contribution in [3.05, 3.63) is 51.2 Å². The largest absolute Gasteiger partial charge is 0.356 e. The Morgan fingerprint density at radius 3 is 2.60 bits per heavy atom. The number of benzene rings is 1. The van der Waals surface area contributed by atoms with Crippen molar-refractivity contribution in [1.82, 2.24) is 15.6 Å². The summed E-state index contributed by atoms with van der Waals surface area (Å²) in [7, 11) is 1.77. The van der Waals surface area contributed by atoms with Gasteiger partial charge in [-0.25, -0.2) is 9.37 Å². The number of thiazole rings is 1. The Kier molecular flexibility index (Phi) is 9.96. The third-order valence-corrected chi connectivity index (χ3v) is 4.77. The first-order chi connectivity index (χ1) is 11.6. The van der Waals surface area contributed by atoms with Crippen LogP contribution in [0.5, 0.6) is 0 Å². The van der Waals surface area contributed by atoms with Crippen molar-refractivity contribution in [2.45, 2.75) is 33.1 Å². The molecule has 138 valence electrons. The van der Waals surface area contributed by atoms with Crippen LogP contribution < -0.4 is 10.6 Å². The van der Waals surface area contributed by atoms with Crippen LogP contribution in [-0.2, 0) is 12.8 Å². The van der Waals surface area contributed by atoms with Crippen LogP contribution in [0.25, 0.3) is 0 Å². The van der Waals surface area contributed by atoms with E-state index in [9.17, 15) is 4.39 Å². The summed E-state index contributed by atoms with van der Waals surface area (Å²) >= 11 is 1.72. The maximum absolute atomic E-state index is 13.1. The third kappa shape index (κ3) is 7.68. The minimum atomic E-state index is -0.183. The topological polar surface area (TPSA) is 49.3 Å². The molecule has 1 aromatic heterocycles. The molecule has 2 aromatic rings. The summed E-state index contributed by atoms with van der Waals surface area (Å²) in [4.78, 5) is 8.69. The molecule has 4 nitrogen and oxygen atoms in total. The number of aliphatic imine (C=N–C) groups is 1. The summed E-state index contributed by atoms with van der Waals surface area (Å²) in [5.74, 6) is 0.613. The second-order valence-corrected chi connectivity index (χ2v) is 6.68. The molecule has 0 unspecified atom stereocenters. The molecule has 0 aliphatic rings. The van der Waals surface area contributed by atoms with Gasteiger partial charge in [0.25, 0.3) is 0 Å². The zero-order chi connectivity index (χ0) is 17.4. The lowest BCUT2D eigenvalue weighted by atomic mass is 10.1. The number of rotatable bonds is 7. The molecular formula is C18H26FIN4S. The number of hydrogen-bond donors (Lipinski definition) is 2. The maximum atomic E-state index is 13.1. The fraction of sp³-hybridized carbons (Fsp3) is 0.444. The van der Waals surface area contributed by atoms with E-state index >= 15 is 0 Å². The van der Waals surface area contributed by atoms with Gasteiger partial charge in [-0.1, -0.05) is 6.07 Å². The van der Waals surface area contributed by atoms with Crippen LogP contribution in [0.4, 0.5) is 4.39 Å². The molecule has 1 aromatic carbocycles. The zero-order valence-corrected chi connectivity index (χ0v) is 18.1. The number of aryl methyl sites for hydroxylation is 3. The Labute approximate surface area is 170 Å². The molecule has 0 aliphatic heterocycles. The first-order valence-corrected chi connectivity index (χ1v) is 9.07. The van der Waals surface area contributed by atoms with Gasteiger partial charge in [-0.15, -0.1) is 35.3 Å². The number of guanidine groups is 1. The summed E-state index contributed by atoms with van der Waals surface area (Å²) in [6, 6.07) is 4.93. The van der Waals surface area contributed by atoms with Gasteiger partial charge in [0.15, 0.2) is 5.96 Å². The van der Waals surface area contributed by atoms with Crippen molar-refractivity contribution in [1.29, 1.82) is 0 Å². The monoisotopic (exact) mass is 476 g/mol. The normalized spacial score (nSPS) is 11.1. The molecule has 7 heteroatoms. The van der Waals surface area contributed by atoms with Crippen LogP contribution in [0.15, 0.2) is 28.6 Å². The highest BCUT2D eigenvalue weighted by molar-refractivity contribution is 14.0. The van der Waals surface area contributed by atoms with E-state index in [1.165, 1.54) is 11.1 Å². The molecule has 0 bridgehead atoms. The summed E-state index contributed by atoms with van der Waals surface area (Å²) in [6.45, 7) is 5.57. The zero-order valence-electron chi connectivity index (χ0n) is 14.9. The Morgan fingerprint density at radius 2 is 1.96 bits per heavy atom. The number of halogens is 2. The molecule has 0 fully saturated rings. The van der Waals surface area contributed by atoms with Crippen molar-refractivity contribution in [2.24, 2.45) is 4.99 Å². The van der Waals surface area contributed by atoms with Crippen molar-refractivity contribution < 1.29 is 4.39 Å². The molecule has 0 aliphatic carbocycles. The SMILES string of the molecule is CN=C(NCCCc1nc(C)cs1)NCCc1ccc(F)cc1C.I. The lowest BCUT2D eigenvalue weighted by molar-refractivity contribution is 0.625. The maximum Gasteiger partial charge on any atom is 0.190 e. The molecule has 0 atom stereocenters. The molecule has 0 amide bonds. The van der Waals surface area contributed by atoms with E-state index in [0.29, 0.717) is 0 Å². The van der Waals surface area contributed by atoms with Gasteiger partial charge in [-0.2, -0.15) is 0 Å². The Morgan fingerprint density at radius 1 is 1.20 bits per heavy atom. The second kappa shape index (κ2) is 11.4. The van der Waals surface area contributed by atoms with E-state index in [1.807, 2.05) is 19.9 Å². The smallest absolute Gasteiger partial charge is 0.190 e. The van der Waals surface area contributed by atoms with Crippen molar-refractivity contribution in [2.75, 3.05) is 20.1 Å². The van der Waals surface area contributed by atoms with Gasteiger partial charge in [0.2, 0.25) is 0 Å². The predicted molar refractivity (Wildman–Crippen MR) is 115 cm³/mol. The van der Waals surface area contributed by atoms with E-state index in [-0.39, 0.29) is 29.8 Å². The summed E-state index contributed by atoms with van der Waals surface area (Å²) < 4.78 is 13.1. The lowest BCUT2D eigenvalue weighted by Crippen LogP contribution is -2.38. The molecule has 2 rings (SSSR count). The fourth-order valence-electron chi connectivity index (χ4n) is 2.44. The third-order valence-electron chi connectivity index (χ3n) is 3.74. The highest BCUT2D eigenvalue weighted by Gasteiger charge is 2.02. The van der Waals surface area contributed by atoms with Crippen LogP contribution in [0, 0.1) is 19.7 Å². The van der Waals surface area contributed by atoms with Crippen LogP contribution in [-0.4, -0.2) is 31.1 Å². The Balaban J connectivity index is 0.00000312.